The summed E-state index contributed by atoms with van der Waals surface area (Å²) in [5.41, 5.74) is 0.639. The molecule has 196 valence electrons. The number of nitrogens with zero attached hydrogens (tertiary/aromatic N) is 5. The fourth-order valence-electron chi connectivity index (χ4n) is 3.73. The minimum Gasteiger partial charge on any atom is -0.378 e. The van der Waals surface area contributed by atoms with Crippen molar-refractivity contribution in [2.24, 2.45) is 0 Å². The molecule has 2 fully saturated rings. The van der Waals surface area contributed by atoms with Gasteiger partial charge in [-0.2, -0.15) is 15.0 Å². The van der Waals surface area contributed by atoms with Gasteiger partial charge in [0.25, 0.3) is 5.91 Å². The van der Waals surface area contributed by atoms with Crippen LogP contribution in [0.2, 0.25) is 0 Å². The Morgan fingerprint density at radius 3 is 1.92 bits per heavy atom. The van der Waals surface area contributed by atoms with Gasteiger partial charge < -0.3 is 39.4 Å². The number of nitrogens with one attached hydrogen (secondary N) is 2. The summed E-state index contributed by atoms with van der Waals surface area (Å²) in [6.07, 6.45) is 0. The largest absolute Gasteiger partial charge is 0.378 e. The lowest BCUT2D eigenvalue weighted by molar-refractivity contribution is 0.0519. The molecule has 4 rings (SSSR count). The molecule has 1 amide bonds. The van der Waals surface area contributed by atoms with Gasteiger partial charge in [-0.1, -0.05) is 18.2 Å². The minimum atomic E-state index is -0.103. The molecule has 2 N–H and O–H groups in total. The first-order chi connectivity index (χ1) is 17.8. The van der Waals surface area contributed by atoms with E-state index in [9.17, 15) is 4.79 Å². The highest BCUT2D eigenvalue weighted by molar-refractivity contribution is 5.94. The first-order valence-corrected chi connectivity index (χ1v) is 12.4. The molecule has 12 heteroatoms. The number of anilines is 3. The van der Waals surface area contributed by atoms with Crippen molar-refractivity contribution in [3.05, 3.63) is 35.9 Å². The summed E-state index contributed by atoms with van der Waals surface area (Å²) in [6, 6.07) is 9.11. The molecule has 12 nitrogen and oxygen atoms in total. The zero-order valence-electron chi connectivity index (χ0n) is 20.6. The van der Waals surface area contributed by atoms with E-state index in [1.165, 1.54) is 0 Å². The van der Waals surface area contributed by atoms with Gasteiger partial charge in [-0.3, -0.25) is 4.79 Å². The summed E-state index contributed by atoms with van der Waals surface area (Å²) >= 11 is 0. The molecule has 2 aromatic rings. The van der Waals surface area contributed by atoms with Crippen LogP contribution in [0, 0.1) is 0 Å². The summed E-state index contributed by atoms with van der Waals surface area (Å²) in [4.78, 5) is 30.2. The van der Waals surface area contributed by atoms with E-state index in [0.29, 0.717) is 89.4 Å². The average Bonchev–Trinajstić information content (AvgIpc) is 2.95. The number of hydrogen-bond acceptors (Lipinski definition) is 11. The van der Waals surface area contributed by atoms with Crippen LogP contribution in [0.15, 0.2) is 30.3 Å². The number of amides is 1. The lowest BCUT2D eigenvalue weighted by Crippen LogP contribution is -2.40. The van der Waals surface area contributed by atoms with Crippen LogP contribution in [0.1, 0.15) is 10.4 Å². The van der Waals surface area contributed by atoms with Crippen molar-refractivity contribution in [2.45, 2.75) is 0 Å². The molecule has 2 saturated heterocycles. The molecule has 2 aliphatic heterocycles. The molecule has 3 heterocycles. The van der Waals surface area contributed by atoms with E-state index < -0.39 is 0 Å². The molecule has 1 aromatic heterocycles. The lowest BCUT2D eigenvalue weighted by atomic mass is 10.2. The summed E-state index contributed by atoms with van der Waals surface area (Å²) < 4.78 is 22.1. The Balaban J connectivity index is 1.13. The van der Waals surface area contributed by atoms with Gasteiger partial charge in [0.15, 0.2) is 0 Å². The number of carbonyl (C=O) groups excluding carboxylic acids is 1. The molecule has 0 spiro atoms. The van der Waals surface area contributed by atoms with Crippen molar-refractivity contribution in [1.29, 1.82) is 0 Å². The van der Waals surface area contributed by atoms with Crippen LogP contribution in [0.5, 0.6) is 0 Å². The van der Waals surface area contributed by atoms with Crippen LogP contribution in [0.4, 0.5) is 17.8 Å². The maximum atomic E-state index is 12.0. The molecule has 2 aliphatic rings. The molecule has 0 radical (unpaired) electrons. The molecule has 36 heavy (non-hydrogen) atoms. The third-order valence-electron chi connectivity index (χ3n) is 5.67. The van der Waals surface area contributed by atoms with Crippen molar-refractivity contribution >= 4 is 23.8 Å². The van der Waals surface area contributed by atoms with Crippen molar-refractivity contribution < 1.29 is 23.7 Å². The number of aromatic nitrogens is 3. The van der Waals surface area contributed by atoms with Crippen LogP contribution in [-0.2, 0) is 18.9 Å². The van der Waals surface area contributed by atoms with E-state index in [0.717, 1.165) is 26.2 Å². The van der Waals surface area contributed by atoms with Crippen LogP contribution in [0.3, 0.4) is 0 Å². The van der Waals surface area contributed by atoms with Gasteiger partial charge in [-0.15, -0.1) is 0 Å². The van der Waals surface area contributed by atoms with E-state index in [-0.39, 0.29) is 5.91 Å². The Hall–Kier alpha value is -3.06. The van der Waals surface area contributed by atoms with Gasteiger partial charge in [0.1, 0.15) is 0 Å². The summed E-state index contributed by atoms with van der Waals surface area (Å²) in [6.45, 7) is 8.51. The van der Waals surface area contributed by atoms with Gasteiger partial charge >= 0.3 is 0 Å². The van der Waals surface area contributed by atoms with Gasteiger partial charge in [-0.25, -0.2) is 0 Å². The molecular formula is C24H35N7O5. The Morgan fingerprint density at radius 2 is 1.33 bits per heavy atom. The zero-order valence-corrected chi connectivity index (χ0v) is 20.6. The number of morpholine rings is 2. The van der Waals surface area contributed by atoms with Gasteiger partial charge in [-0.05, 0) is 12.1 Å². The smallest absolute Gasteiger partial charge is 0.251 e. The average molecular weight is 502 g/mol. The fraction of sp³-hybridized carbons (Fsp3) is 0.583. The van der Waals surface area contributed by atoms with Gasteiger partial charge in [0.2, 0.25) is 17.8 Å². The standard InChI is InChI=1S/C24H35N7O5/c32-21(20-4-2-1-3-5-20)25-6-12-33-18-19-34-13-7-26-22-27-23(30-8-14-35-15-9-30)29-24(28-22)31-10-16-36-17-11-31/h1-5H,6-19H2,(H,25,32)(H,26,27,28,29). The number of carbonyl (C=O) groups is 1. The van der Waals surface area contributed by atoms with Crippen LogP contribution < -0.4 is 20.4 Å². The van der Waals surface area contributed by atoms with Crippen LogP contribution >= 0.6 is 0 Å². The van der Waals surface area contributed by atoms with E-state index >= 15 is 0 Å². The Kier molecular flexibility index (Phi) is 10.5. The maximum absolute atomic E-state index is 12.0. The first kappa shape index (κ1) is 26.0. The maximum Gasteiger partial charge on any atom is 0.251 e. The minimum absolute atomic E-state index is 0.103. The molecule has 0 unspecified atom stereocenters. The second-order valence-electron chi connectivity index (χ2n) is 8.23. The predicted molar refractivity (Wildman–Crippen MR) is 135 cm³/mol. The highest BCUT2D eigenvalue weighted by Gasteiger charge is 2.20. The summed E-state index contributed by atoms with van der Waals surface area (Å²) in [7, 11) is 0. The summed E-state index contributed by atoms with van der Waals surface area (Å²) in [5.74, 6) is 1.74. The van der Waals surface area contributed by atoms with Crippen LogP contribution in [0.25, 0.3) is 0 Å². The topological polar surface area (TPSA) is 123 Å². The zero-order chi connectivity index (χ0) is 24.8. The van der Waals surface area contributed by atoms with Crippen molar-refractivity contribution in [2.75, 3.05) is 107 Å². The Morgan fingerprint density at radius 1 is 0.778 bits per heavy atom. The number of benzene rings is 1. The molecule has 1 aromatic carbocycles. The Labute approximate surface area is 211 Å². The SMILES string of the molecule is O=C(NCCOCCOCCNc1nc(N2CCOCC2)nc(N2CCOCC2)n1)c1ccccc1. The van der Waals surface area contributed by atoms with Crippen molar-refractivity contribution in [3.8, 4) is 0 Å². The number of ether oxygens (including phenoxy) is 4. The Bertz CT molecular complexity index is 888. The normalized spacial score (nSPS) is 16.1. The van der Waals surface area contributed by atoms with Gasteiger partial charge in [0, 0.05) is 44.8 Å². The fourth-order valence-corrected chi connectivity index (χ4v) is 3.73. The molecule has 0 saturated carbocycles. The number of rotatable bonds is 13. The third kappa shape index (κ3) is 8.26. The molecular weight excluding hydrogens is 466 g/mol. The van der Waals surface area contributed by atoms with Crippen LogP contribution in [-0.4, -0.2) is 113 Å². The second kappa shape index (κ2) is 14.5. The van der Waals surface area contributed by atoms with E-state index in [2.05, 4.69) is 30.4 Å². The predicted octanol–water partition coefficient (Wildman–Crippen LogP) is 0.420. The monoisotopic (exact) mass is 501 g/mol. The first-order valence-electron chi connectivity index (χ1n) is 12.4. The number of hydrogen-bond donors (Lipinski definition) is 2. The van der Waals surface area contributed by atoms with E-state index in [1.54, 1.807) is 12.1 Å². The molecule has 0 aliphatic carbocycles. The molecule has 0 bridgehead atoms. The summed E-state index contributed by atoms with van der Waals surface area (Å²) in [5, 5.41) is 6.08. The van der Waals surface area contributed by atoms with E-state index in [4.69, 9.17) is 23.9 Å². The van der Waals surface area contributed by atoms with Gasteiger partial charge in [0.05, 0.1) is 52.9 Å². The van der Waals surface area contributed by atoms with Crippen molar-refractivity contribution in [3.63, 3.8) is 0 Å². The van der Waals surface area contributed by atoms with Crippen molar-refractivity contribution in [1.82, 2.24) is 20.3 Å². The highest BCUT2D eigenvalue weighted by Crippen LogP contribution is 2.18. The highest BCUT2D eigenvalue weighted by atomic mass is 16.5. The second-order valence-corrected chi connectivity index (χ2v) is 8.23. The lowest BCUT2D eigenvalue weighted by Gasteiger charge is -2.30. The third-order valence-corrected chi connectivity index (χ3v) is 5.67. The molecule has 0 atom stereocenters. The quantitative estimate of drug-likeness (QED) is 0.371. The van der Waals surface area contributed by atoms with E-state index in [1.807, 2.05) is 18.2 Å².